The third-order valence-corrected chi connectivity index (χ3v) is 3.24. The molecule has 5 heteroatoms. The Labute approximate surface area is 96.0 Å². The summed E-state index contributed by atoms with van der Waals surface area (Å²) in [5.74, 6) is 0.732. The van der Waals surface area contributed by atoms with E-state index in [9.17, 15) is 0 Å². The Morgan fingerprint density at radius 3 is 2.94 bits per heavy atom. The van der Waals surface area contributed by atoms with Crippen LogP contribution >= 0.6 is 0 Å². The van der Waals surface area contributed by atoms with Crippen LogP contribution in [0.4, 0.5) is 6.01 Å². The Bertz CT molecular complexity index is 336. The predicted molar refractivity (Wildman–Crippen MR) is 61.9 cm³/mol. The molecule has 1 aliphatic rings. The van der Waals surface area contributed by atoms with Gasteiger partial charge in [-0.05, 0) is 33.2 Å². The molecular weight excluding hydrogens is 204 g/mol. The van der Waals surface area contributed by atoms with Gasteiger partial charge in [0.25, 0.3) is 0 Å². The summed E-state index contributed by atoms with van der Waals surface area (Å²) in [5, 5.41) is 3.87. The molecule has 16 heavy (non-hydrogen) atoms. The van der Waals surface area contributed by atoms with Gasteiger partial charge in [-0.3, -0.25) is 4.90 Å². The molecule has 90 valence electrons. The molecule has 0 aromatic carbocycles. The molecule has 2 rings (SSSR count). The molecule has 1 saturated heterocycles. The van der Waals surface area contributed by atoms with Crippen molar-refractivity contribution in [1.29, 1.82) is 0 Å². The van der Waals surface area contributed by atoms with Crippen molar-refractivity contribution < 1.29 is 4.52 Å². The molecule has 1 aromatic rings. The van der Waals surface area contributed by atoms with E-state index in [-0.39, 0.29) is 6.01 Å². The van der Waals surface area contributed by atoms with E-state index in [2.05, 4.69) is 28.9 Å². The SMILES string of the molecule is CC(C)N1CCCCC1Cc1noc(N)n1. The van der Waals surface area contributed by atoms with Crippen LogP contribution in [0.1, 0.15) is 38.9 Å². The molecule has 5 nitrogen and oxygen atoms in total. The standard InChI is InChI=1S/C11H20N4O/c1-8(2)15-6-4-3-5-9(15)7-10-13-11(12)16-14-10/h8-9H,3-7H2,1-2H3,(H2,12,13,14). The fourth-order valence-electron chi connectivity index (χ4n) is 2.48. The molecule has 1 aromatic heterocycles. The highest BCUT2D eigenvalue weighted by molar-refractivity contribution is 5.08. The lowest BCUT2D eigenvalue weighted by Gasteiger charge is -2.38. The molecule has 0 saturated carbocycles. The number of nitrogen functional groups attached to an aromatic ring is 1. The number of hydrogen-bond donors (Lipinski definition) is 1. The van der Waals surface area contributed by atoms with Crippen LogP contribution in [0, 0.1) is 0 Å². The number of anilines is 1. The second kappa shape index (κ2) is 4.82. The second-order valence-electron chi connectivity index (χ2n) is 4.73. The molecule has 1 atom stereocenters. The maximum atomic E-state index is 5.42. The Morgan fingerprint density at radius 1 is 1.50 bits per heavy atom. The first-order valence-corrected chi connectivity index (χ1v) is 6.00. The molecule has 0 spiro atoms. The Kier molecular flexibility index (Phi) is 3.43. The van der Waals surface area contributed by atoms with Crippen molar-refractivity contribution >= 4 is 6.01 Å². The van der Waals surface area contributed by atoms with Crippen molar-refractivity contribution in [2.24, 2.45) is 0 Å². The van der Waals surface area contributed by atoms with E-state index >= 15 is 0 Å². The molecule has 0 amide bonds. The minimum Gasteiger partial charge on any atom is -0.351 e. The minimum absolute atomic E-state index is 0.168. The van der Waals surface area contributed by atoms with Crippen LogP contribution in [0.15, 0.2) is 4.52 Å². The van der Waals surface area contributed by atoms with Gasteiger partial charge in [0.1, 0.15) is 0 Å². The van der Waals surface area contributed by atoms with Crippen LogP contribution in [0.3, 0.4) is 0 Å². The topological polar surface area (TPSA) is 68.2 Å². The zero-order chi connectivity index (χ0) is 11.5. The molecule has 0 aliphatic carbocycles. The quantitative estimate of drug-likeness (QED) is 0.841. The summed E-state index contributed by atoms with van der Waals surface area (Å²) in [4.78, 5) is 6.60. The van der Waals surface area contributed by atoms with Crippen LogP contribution in [-0.2, 0) is 6.42 Å². The average Bonchev–Trinajstić information content (AvgIpc) is 2.64. The Hall–Kier alpha value is -1.10. The van der Waals surface area contributed by atoms with Gasteiger partial charge in [0, 0.05) is 18.5 Å². The van der Waals surface area contributed by atoms with Gasteiger partial charge in [-0.2, -0.15) is 4.98 Å². The molecule has 1 unspecified atom stereocenters. The van der Waals surface area contributed by atoms with Crippen LogP contribution in [-0.4, -0.2) is 33.7 Å². The van der Waals surface area contributed by atoms with Gasteiger partial charge in [-0.1, -0.05) is 11.6 Å². The van der Waals surface area contributed by atoms with Crippen molar-refractivity contribution in [1.82, 2.24) is 15.0 Å². The largest absolute Gasteiger partial charge is 0.351 e. The Morgan fingerprint density at radius 2 is 2.31 bits per heavy atom. The summed E-state index contributed by atoms with van der Waals surface area (Å²) in [6, 6.07) is 1.28. The predicted octanol–water partition coefficient (Wildman–Crippen LogP) is 1.46. The maximum Gasteiger partial charge on any atom is 0.318 e. The lowest BCUT2D eigenvalue weighted by molar-refractivity contribution is 0.110. The van der Waals surface area contributed by atoms with Crippen molar-refractivity contribution in [3.63, 3.8) is 0 Å². The maximum absolute atomic E-state index is 5.42. The summed E-state index contributed by atoms with van der Waals surface area (Å²) in [5.41, 5.74) is 5.42. The molecule has 2 heterocycles. The number of piperidine rings is 1. The second-order valence-corrected chi connectivity index (χ2v) is 4.73. The van der Waals surface area contributed by atoms with E-state index in [0.29, 0.717) is 12.1 Å². The monoisotopic (exact) mass is 224 g/mol. The van der Waals surface area contributed by atoms with Crippen molar-refractivity contribution in [2.75, 3.05) is 12.3 Å². The molecule has 1 aliphatic heterocycles. The average molecular weight is 224 g/mol. The zero-order valence-corrected chi connectivity index (χ0v) is 10.0. The number of nitrogens with two attached hydrogens (primary N) is 1. The third-order valence-electron chi connectivity index (χ3n) is 3.24. The van der Waals surface area contributed by atoms with Gasteiger partial charge in [0.05, 0.1) is 0 Å². The minimum atomic E-state index is 0.168. The first-order valence-electron chi connectivity index (χ1n) is 6.00. The lowest BCUT2D eigenvalue weighted by Crippen LogP contribution is -2.45. The van der Waals surface area contributed by atoms with E-state index in [1.54, 1.807) is 0 Å². The van der Waals surface area contributed by atoms with E-state index in [1.165, 1.54) is 25.8 Å². The number of hydrogen-bond acceptors (Lipinski definition) is 5. The van der Waals surface area contributed by atoms with Gasteiger partial charge in [0.15, 0.2) is 5.82 Å². The van der Waals surface area contributed by atoms with Crippen molar-refractivity contribution in [3.05, 3.63) is 5.82 Å². The first kappa shape index (κ1) is 11.4. The van der Waals surface area contributed by atoms with Gasteiger partial charge in [0.2, 0.25) is 0 Å². The summed E-state index contributed by atoms with van der Waals surface area (Å²) in [6.45, 7) is 5.65. The Balaban J connectivity index is 2.01. The summed E-state index contributed by atoms with van der Waals surface area (Å²) < 4.78 is 4.80. The van der Waals surface area contributed by atoms with E-state index in [1.807, 2.05) is 0 Å². The molecule has 0 bridgehead atoms. The van der Waals surface area contributed by atoms with E-state index < -0.39 is 0 Å². The van der Waals surface area contributed by atoms with Crippen molar-refractivity contribution in [2.45, 2.75) is 51.6 Å². The van der Waals surface area contributed by atoms with Gasteiger partial charge >= 0.3 is 6.01 Å². The van der Waals surface area contributed by atoms with E-state index in [4.69, 9.17) is 10.3 Å². The fourth-order valence-corrected chi connectivity index (χ4v) is 2.48. The van der Waals surface area contributed by atoms with Gasteiger partial charge < -0.3 is 10.3 Å². The van der Waals surface area contributed by atoms with Crippen LogP contribution in [0.25, 0.3) is 0 Å². The fraction of sp³-hybridized carbons (Fsp3) is 0.818. The molecule has 0 radical (unpaired) electrons. The highest BCUT2D eigenvalue weighted by Crippen LogP contribution is 2.22. The highest BCUT2D eigenvalue weighted by atomic mass is 16.5. The number of nitrogens with zero attached hydrogens (tertiary/aromatic N) is 3. The van der Waals surface area contributed by atoms with Crippen LogP contribution in [0.2, 0.25) is 0 Å². The number of likely N-dealkylation sites (tertiary alicyclic amines) is 1. The molecule has 1 fully saturated rings. The van der Waals surface area contributed by atoms with Gasteiger partial charge in [-0.15, -0.1) is 0 Å². The number of rotatable bonds is 3. The highest BCUT2D eigenvalue weighted by Gasteiger charge is 2.25. The normalized spacial score (nSPS) is 22.8. The summed E-state index contributed by atoms with van der Waals surface area (Å²) in [6.07, 6.45) is 4.65. The van der Waals surface area contributed by atoms with Crippen molar-refractivity contribution in [3.8, 4) is 0 Å². The zero-order valence-electron chi connectivity index (χ0n) is 10.0. The smallest absolute Gasteiger partial charge is 0.318 e. The summed E-state index contributed by atoms with van der Waals surface area (Å²) >= 11 is 0. The third kappa shape index (κ3) is 2.52. The van der Waals surface area contributed by atoms with Crippen LogP contribution in [0.5, 0.6) is 0 Å². The number of aromatic nitrogens is 2. The summed E-state index contributed by atoms with van der Waals surface area (Å²) in [7, 11) is 0. The van der Waals surface area contributed by atoms with E-state index in [0.717, 1.165) is 12.2 Å². The first-order chi connectivity index (χ1) is 7.66. The van der Waals surface area contributed by atoms with Crippen LogP contribution < -0.4 is 5.73 Å². The molecule has 2 N–H and O–H groups in total. The van der Waals surface area contributed by atoms with Gasteiger partial charge in [-0.25, -0.2) is 0 Å². The molecular formula is C11H20N4O. The lowest BCUT2D eigenvalue weighted by atomic mass is 9.97.